The van der Waals surface area contributed by atoms with E-state index in [1.54, 1.807) is 41.5 Å². The van der Waals surface area contributed by atoms with E-state index in [9.17, 15) is 0 Å². The van der Waals surface area contributed by atoms with Crippen molar-refractivity contribution in [2.45, 2.75) is 6.54 Å². The highest BCUT2D eigenvalue weighted by Gasteiger charge is 2.11. The minimum absolute atomic E-state index is 0. The number of nitrogens with one attached hydrogen (secondary N) is 2. The third kappa shape index (κ3) is 4.62. The first-order valence-electron chi connectivity index (χ1n) is 5.87. The number of hydrogen-bond acceptors (Lipinski definition) is 4. The second-order valence-corrected chi connectivity index (χ2v) is 3.69. The molecule has 0 aliphatic rings. The fourth-order valence-electron chi connectivity index (χ4n) is 1.69. The molecule has 0 atom stereocenters. The summed E-state index contributed by atoms with van der Waals surface area (Å²) < 4.78 is 15.9. The molecule has 0 unspecified atom stereocenters. The molecular weight excluding hydrogens is 373 g/mol. The Morgan fingerprint density at radius 1 is 1.05 bits per heavy atom. The summed E-state index contributed by atoms with van der Waals surface area (Å²) in [6.45, 7) is 0.567. The maximum absolute atomic E-state index is 5.35. The summed E-state index contributed by atoms with van der Waals surface area (Å²) in [4.78, 5) is 4.05. The molecule has 0 heterocycles. The van der Waals surface area contributed by atoms with Gasteiger partial charge in [0.2, 0.25) is 0 Å². The lowest BCUT2D eigenvalue weighted by Crippen LogP contribution is -2.34. The molecule has 0 radical (unpaired) electrons. The topological polar surface area (TPSA) is 64.1 Å². The van der Waals surface area contributed by atoms with Gasteiger partial charge in [0.15, 0.2) is 17.5 Å². The van der Waals surface area contributed by atoms with Crippen LogP contribution < -0.4 is 24.8 Å². The number of guanidine groups is 1. The number of halogens is 1. The van der Waals surface area contributed by atoms with E-state index in [0.717, 1.165) is 11.3 Å². The Morgan fingerprint density at radius 3 is 2.05 bits per heavy atom. The van der Waals surface area contributed by atoms with Gasteiger partial charge < -0.3 is 24.8 Å². The molecule has 0 aliphatic heterocycles. The van der Waals surface area contributed by atoms with E-state index in [2.05, 4.69) is 15.6 Å². The maximum Gasteiger partial charge on any atom is 0.190 e. The Morgan fingerprint density at radius 2 is 1.60 bits per heavy atom. The Balaban J connectivity index is 0.00000361. The zero-order valence-corrected chi connectivity index (χ0v) is 14.8. The van der Waals surface area contributed by atoms with Gasteiger partial charge in [0, 0.05) is 32.3 Å². The fraction of sp³-hybridized carbons (Fsp3) is 0.462. The molecule has 0 fully saturated rings. The summed E-state index contributed by atoms with van der Waals surface area (Å²) in [5, 5.41) is 6.11. The van der Waals surface area contributed by atoms with Crippen LogP contribution in [-0.4, -0.2) is 41.4 Å². The molecule has 1 rings (SSSR count). The second kappa shape index (κ2) is 9.51. The average molecular weight is 395 g/mol. The molecule has 0 spiro atoms. The van der Waals surface area contributed by atoms with Gasteiger partial charge in [0.1, 0.15) is 5.75 Å². The quantitative estimate of drug-likeness (QED) is 0.451. The summed E-state index contributed by atoms with van der Waals surface area (Å²) in [7, 11) is 8.34. The van der Waals surface area contributed by atoms with Crippen LogP contribution in [0.2, 0.25) is 0 Å². The molecule has 20 heavy (non-hydrogen) atoms. The van der Waals surface area contributed by atoms with Crippen molar-refractivity contribution in [3.05, 3.63) is 17.7 Å². The van der Waals surface area contributed by atoms with Crippen LogP contribution in [0.15, 0.2) is 17.1 Å². The zero-order valence-electron chi connectivity index (χ0n) is 12.4. The SMILES string of the molecule is CN=C(NC)NCc1cc(OC)c(OC)cc1OC.I. The summed E-state index contributed by atoms with van der Waals surface area (Å²) in [5.41, 5.74) is 0.955. The molecule has 0 saturated carbocycles. The Labute approximate surface area is 136 Å². The predicted molar refractivity (Wildman–Crippen MR) is 90.8 cm³/mol. The number of rotatable bonds is 5. The van der Waals surface area contributed by atoms with E-state index in [4.69, 9.17) is 14.2 Å². The summed E-state index contributed by atoms with van der Waals surface area (Å²) >= 11 is 0. The van der Waals surface area contributed by atoms with Gasteiger partial charge in [-0.05, 0) is 6.07 Å². The number of benzene rings is 1. The van der Waals surface area contributed by atoms with E-state index < -0.39 is 0 Å². The first-order chi connectivity index (χ1) is 9.19. The summed E-state index contributed by atoms with van der Waals surface area (Å²) in [6, 6.07) is 3.69. The van der Waals surface area contributed by atoms with Crippen molar-refractivity contribution in [1.82, 2.24) is 10.6 Å². The lowest BCUT2D eigenvalue weighted by molar-refractivity contribution is 0.347. The third-order valence-corrected chi connectivity index (χ3v) is 2.69. The highest BCUT2D eigenvalue weighted by atomic mass is 127. The Hall–Kier alpha value is -1.38. The summed E-state index contributed by atoms with van der Waals surface area (Å²) in [5.74, 6) is 2.74. The van der Waals surface area contributed by atoms with E-state index in [1.807, 2.05) is 6.07 Å². The highest BCUT2D eigenvalue weighted by molar-refractivity contribution is 14.0. The molecule has 1 aromatic rings. The Kier molecular flexibility index (Phi) is 8.86. The lowest BCUT2D eigenvalue weighted by atomic mass is 10.1. The van der Waals surface area contributed by atoms with E-state index in [1.165, 1.54) is 0 Å². The van der Waals surface area contributed by atoms with Crippen molar-refractivity contribution < 1.29 is 14.2 Å². The molecule has 2 N–H and O–H groups in total. The minimum atomic E-state index is 0. The van der Waals surface area contributed by atoms with Gasteiger partial charge in [-0.25, -0.2) is 0 Å². The van der Waals surface area contributed by atoms with Gasteiger partial charge in [0.25, 0.3) is 0 Å². The van der Waals surface area contributed by atoms with Gasteiger partial charge in [-0.1, -0.05) is 0 Å². The lowest BCUT2D eigenvalue weighted by Gasteiger charge is -2.15. The van der Waals surface area contributed by atoms with Crippen LogP contribution in [0, 0.1) is 0 Å². The standard InChI is InChI=1S/C13H21N3O3.HI/c1-14-13(15-2)16-8-9-6-11(18-4)12(19-5)7-10(9)17-3;/h6-7H,8H2,1-5H3,(H2,14,15,16);1H. The van der Waals surface area contributed by atoms with Gasteiger partial charge in [0.05, 0.1) is 21.3 Å². The molecule has 0 saturated heterocycles. The first kappa shape index (κ1) is 18.6. The molecule has 0 amide bonds. The largest absolute Gasteiger partial charge is 0.496 e. The van der Waals surface area contributed by atoms with Crippen molar-refractivity contribution in [3.63, 3.8) is 0 Å². The zero-order chi connectivity index (χ0) is 14.3. The number of ether oxygens (including phenoxy) is 3. The highest BCUT2D eigenvalue weighted by Crippen LogP contribution is 2.34. The molecule has 0 aromatic heterocycles. The van der Waals surface area contributed by atoms with Crippen LogP contribution in [-0.2, 0) is 6.54 Å². The van der Waals surface area contributed by atoms with Crippen LogP contribution in [0.4, 0.5) is 0 Å². The molecule has 7 heteroatoms. The summed E-state index contributed by atoms with van der Waals surface area (Å²) in [6.07, 6.45) is 0. The predicted octanol–water partition coefficient (Wildman–Crippen LogP) is 1.63. The molecular formula is C13H22IN3O3. The first-order valence-corrected chi connectivity index (χ1v) is 5.87. The van der Waals surface area contributed by atoms with E-state index in [-0.39, 0.29) is 24.0 Å². The monoisotopic (exact) mass is 395 g/mol. The van der Waals surface area contributed by atoms with E-state index >= 15 is 0 Å². The van der Waals surface area contributed by atoms with Crippen molar-refractivity contribution >= 4 is 29.9 Å². The molecule has 114 valence electrons. The number of aliphatic imine (C=N–C) groups is 1. The minimum Gasteiger partial charge on any atom is -0.496 e. The van der Waals surface area contributed by atoms with Crippen molar-refractivity contribution in [1.29, 1.82) is 0 Å². The van der Waals surface area contributed by atoms with Gasteiger partial charge >= 0.3 is 0 Å². The van der Waals surface area contributed by atoms with Crippen molar-refractivity contribution in [2.24, 2.45) is 4.99 Å². The van der Waals surface area contributed by atoms with Crippen molar-refractivity contribution in [2.75, 3.05) is 35.4 Å². The third-order valence-electron chi connectivity index (χ3n) is 2.69. The molecule has 1 aromatic carbocycles. The Bertz CT molecular complexity index is 453. The maximum atomic E-state index is 5.35. The average Bonchev–Trinajstić information content (AvgIpc) is 2.47. The van der Waals surface area contributed by atoms with Gasteiger partial charge in [-0.2, -0.15) is 0 Å². The number of hydrogen-bond donors (Lipinski definition) is 2. The fourth-order valence-corrected chi connectivity index (χ4v) is 1.69. The van der Waals surface area contributed by atoms with Crippen molar-refractivity contribution in [3.8, 4) is 17.2 Å². The van der Waals surface area contributed by atoms with Crippen LogP contribution >= 0.6 is 24.0 Å². The van der Waals surface area contributed by atoms with Crippen LogP contribution in [0.3, 0.4) is 0 Å². The second-order valence-electron chi connectivity index (χ2n) is 3.69. The van der Waals surface area contributed by atoms with Crippen LogP contribution in [0.1, 0.15) is 5.56 Å². The normalized spacial score (nSPS) is 10.3. The van der Waals surface area contributed by atoms with Gasteiger partial charge in [-0.15, -0.1) is 24.0 Å². The van der Waals surface area contributed by atoms with Crippen LogP contribution in [0.25, 0.3) is 0 Å². The number of methoxy groups -OCH3 is 3. The van der Waals surface area contributed by atoms with E-state index in [0.29, 0.717) is 24.0 Å². The van der Waals surface area contributed by atoms with Crippen LogP contribution in [0.5, 0.6) is 17.2 Å². The molecule has 0 aliphatic carbocycles. The molecule has 0 bridgehead atoms. The molecule has 6 nitrogen and oxygen atoms in total. The smallest absolute Gasteiger partial charge is 0.190 e. The van der Waals surface area contributed by atoms with Gasteiger partial charge in [-0.3, -0.25) is 4.99 Å². The number of nitrogens with zero attached hydrogens (tertiary/aromatic N) is 1.